The summed E-state index contributed by atoms with van der Waals surface area (Å²) in [4.78, 5) is 36.4. The van der Waals surface area contributed by atoms with Crippen LogP contribution in [0, 0.1) is 0 Å². The van der Waals surface area contributed by atoms with E-state index >= 15 is 0 Å². The van der Waals surface area contributed by atoms with Gasteiger partial charge in [0.2, 0.25) is 0 Å². The molecule has 2 unspecified atom stereocenters. The minimum absolute atomic E-state index is 0.0312. The summed E-state index contributed by atoms with van der Waals surface area (Å²) in [6.45, 7) is 4.42. The maximum atomic E-state index is 12.4. The number of likely N-dealkylation sites (N-methyl/N-ethyl adjacent to an activating group) is 1. The van der Waals surface area contributed by atoms with E-state index in [2.05, 4.69) is 56.4 Å². The molecule has 8 nitrogen and oxygen atoms in total. The quantitative estimate of drug-likeness (QED) is 0.0452. The first-order chi connectivity index (χ1) is 20.6. The fourth-order valence-corrected chi connectivity index (χ4v) is 4.18. The highest BCUT2D eigenvalue weighted by atomic mass is 16.6. The fourth-order valence-electron chi connectivity index (χ4n) is 4.18. The normalized spacial score (nSPS) is 13.8. The predicted octanol–water partition coefficient (Wildman–Crippen LogP) is 7.34. The lowest BCUT2D eigenvalue weighted by atomic mass is 10.1. The number of hydrogen-bond acceptors (Lipinski definition) is 6. The maximum Gasteiger partial charge on any atom is 0.362 e. The summed E-state index contributed by atoms with van der Waals surface area (Å²) < 4.78 is 16.9. The molecule has 0 saturated carbocycles. The monoisotopic (exact) mass is 606 g/mol. The second kappa shape index (κ2) is 26.9. The molecule has 0 spiro atoms. The van der Waals surface area contributed by atoms with Gasteiger partial charge in [-0.15, -0.1) is 0 Å². The third-order valence-corrected chi connectivity index (χ3v) is 6.73. The van der Waals surface area contributed by atoms with Gasteiger partial charge in [0.15, 0.2) is 12.1 Å². The largest absolute Gasteiger partial charge is 0.477 e. The van der Waals surface area contributed by atoms with Gasteiger partial charge in [0.25, 0.3) is 0 Å². The van der Waals surface area contributed by atoms with E-state index in [0.29, 0.717) is 25.7 Å². The van der Waals surface area contributed by atoms with E-state index in [-0.39, 0.29) is 42.7 Å². The van der Waals surface area contributed by atoms with Crippen LogP contribution in [0.2, 0.25) is 0 Å². The van der Waals surface area contributed by atoms with Crippen LogP contribution in [0.4, 0.5) is 0 Å². The summed E-state index contributed by atoms with van der Waals surface area (Å²) in [5.41, 5.74) is 0. The highest BCUT2D eigenvalue weighted by Crippen LogP contribution is 2.10. The Labute approximate surface area is 261 Å². The number of unbranched alkanes of at least 4 members (excludes halogenated alkanes) is 5. The second-order valence-corrected chi connectivity index (χ2v) is 11.7. The van der Waals surface area contributed by atoms with E-state index in [0.717, 1.165) is 44.9 Å². The lowest BCUT2D eigenvalue weighted by molar-refractivity contribution is -0.887. The number of esters is 2. The van der Waals surface area contributed by atoms with Crippen LogP contribution in [0.1, 0.15) is 104 Å². The molecular weight excluding hydrogens is 546 g/mol. The van der Waals surface area contributed by atoms with Crippen LogP contribution in [-0.4, -0.2) is 80.6 Å². The number of carbonyl (C=O) groups excluding carboxylic acids is 2. The van der Waals surface area contributed by atoms with Gasteiger partial charge in [-0.05, 0) is 57.8 Å². The Kier molecular flexibility index (Phi) is 25.2. The van der Waals surface area contributed by atoms with Crippen molar-refractivity contribution >= 4 is 17.9 Å². The summed E-state index contributed by atoms with van der Waals surface area (Å²) in [5.74, 6) is -1.60. The van der Waals surface area contributed by atoms with Gasteiger partial charge in [-0.25, -0.2) is 4.79 Å². The summed E-state index contributed by atoms with van der Waals surface area (Å²) in [7, 11) is 5.47. The second-order valence-electron chi connectivity index (χ2n) is 11.7. The first kappa shape index (κ1) is 40.3. The van der Waals surface area contributed by atoms with Gasteiger partial charge in [0.05, 0.1) is 34.4 Å². The Bertz CT molecular complexity index is 855. The average Bonchev–Trinajstić information content (AvgIpc) is 2.94. The van der Waals surface area contributed by atoms with E-state index in [4.69, 9.17) is 14.2 Å². The molecule has 0 saturated heterocycles. The molecule has 0 fully saturated rings. The maximum absolute atomic E-state index is 12.4. The van der Waals surface area contributed by atoms with Crippen LogP contribution in [0.3, 0.4) is 0 Å². The molecule has 0 amide bonds. The van der Waals surface area contributed by atoms with Crippen molar-refractivity contribution in [1.82, 2.24) is 0 Å². The molecule has 0 heterocycles. The molecule has 0 aromatic carbocycles. The molecule has 0 aliphatic carbocycles. The first-order valence-electron chi connectivity index (χ1n) is 16.2. The van der Waals surface area contributed by atoms with Gasteiger partial charge in [-0.1, -0.05) is 75.3 Å². The number of carboxylic acid groups (broad SMARTS) is 1. The molecule has 0 aromatic heterocycles. The highest BCUT2D eigenvalue weighted by Gasteiger charge is 2.31. The third-order valence-electron chi connectivity index (χ3n) is 6.73. The molecule has 43 heavy (non-hydrogen) atoms. The average molecular weight is 607 g/mol. The topological polar surface area (TPSA) is 99.1 Å². The van der Waals surface area contributed by atoms with Crippen LogP contribution < -0.4 is 0 Å². The van der Waals surface area contributed by atoms with Gasteiger partial charge in [-0.3, -0.25) is 9.59 Å². The Morgan fingerprint density at radius 3 is 1.95 bits per heavy atom. The third kappa shape index (κ3) is 25.5. The summed E-state index contributed by atoms with van der Waals surface area (Å²) in [6, 6.07) is -0.623. The number of allylic oxidation sites excluding steroid dienone is 8. The zero-order chi connectivity index (χ0) is 32.2. The molecule has 0 aromatic rings. The summed E-state index contributed by atoms with van der Waals surface area (Å²) in [6.07, 6.45) is 27.7. The number of hydrogen-bond donors (Lipinski definition) is 1. The van der Waals surface area contributed by atoms with Crippen LogP contribution >= 0.6 is 0 Å². The lowest BCUT2D eigenvalue weighted by Gasteiger charge is -2.31. The Balaban J connectivity index is 4.58. The standard InChI is InChI=1S/C35H59NO7/c1-6-8-10-12-14-15-16-17-18-20-21-23-25-33(37)42-30-31(29-41-28-27-32(35(39)40)36(3,4)5)43-34(38)26-24-22-19-13-11-9-7-2/h8,10,14-15,17-19,22,31-32H,6-7,9,11-13,16,20-21,23-30H2,1-5H3/p+1/b10-8+,15-14+,18-17+,22-19+. The molecule has 0 radical (unpaired) electrons. The van der Waals surface area contributed by atoms with E-state index in [1.54, 1.807) is 0 Å². The van der Waals surface area contributed by atoms with Crippen LogP contribution in [0.15, 0.2) is 48.6 Å². The van der Waals surface area contributed by atoms with Crippen molar-refractivity contribution in [3.05, 3.63) is 48.6 Å². The van der Waals surface area contributed by atoms with E-state index in [1.807, 2.05) is 27.2 Å². The summed E-state index contributed by atoms with van der Waals surface area (Å²) in [5, 5.41) is 9.52. The number of aliphatic carboxylic acids is 1. The van der Waals surface area contributed by atoms with Gasteiger partial charge in [0.1, 0.15) is 6.61 Å². The minimum atomic E-state index is -0.890. The molecule has 246 valence electrons. The molecule has 2 atom stereocenters. The number of rotatable bonds is 27. The van der Waals surface area contributed by atoms with E-state index in [9.17, 15) is 19.5 Å². The lowest BCUT2D eigenvalue weighted by Crippen LogP contribution is -2.50. The van der Waals surface area contributed by atoms with Gasteiger partial charge in [-0.2, -0.15) is 0 Å². The molecule has 0 bridgehead atoms. The number of carboxylic acids is 1. The van der Waals surface area contributed by atoms with Crippen molar-refractivity contribution in [3.8, 4) is 0 Å². The molecule has 1 N–H and O–H groups in total. The first-order valence-corrected chi connectivity index (χ1v) is 16.2. The molecule has 0 aliphatic heterocycles. The van der Waals surface area contributed by atoms with Crippen molar-refractivity contribution in [2.75, 3.05) is 41.0 Å². The SMILES string of the molecule is CC/C=C/C/C=C/C/C=C/CCCCC(=O)OCC(COCCC(C(=O)O)[N+](C)(C)C)OC(=O)CC/C=C/CCCCC. The number of quaternary nitrogens is 1. The van der Waals surface area contributed by atoms with Gasteiger partial charge < -0.3 is 23.8 Å². The molecule has 0 rings (SSSR count). The fraction of sp³-hybridized carbons (Fsp3) is 0.686. The van der Waals surface area contributed by atoms with Gasteiger partial charge in [0, 0.05) is 19.3 Å². The van der Waals surface area contributed by atoms with Crippen molar-refractivity contribution in [3.63, 3.8) is 0 Å². The zero-order valence-electron chi connectivity index (χ0n) is 27.6. The Morgan fingerprint density at radius 1 is 0.721 bits per heavy atom. The van der Waals surface area contributed by atoms with Crippen molar-refractivity contribution in [2.24, 2.45) is 0 Å². The van der Waals surface area contributed by atoms with Crippen molar-refractivity contribution < 1.29 is 38.2 Å². The van der Waals surface area contributed by atoms with Crippen LogP contribution in [0.5, 0.6) is 0 Å². The molecular formula is C35H60NO7+. The Morgan fingerprint density at radius 2 is 1.33 bits per heavy atom. The predicted molar refractivity (Wildman–Crippen MR) is 174 cm³/mol. The minimum Gasteiger partial charge on any atom is -0.477 e. The summed E-state index contributed by atoms with van der Waals surface area (Å²) >= 11 is 0. The van der Waals surface area contributed by atoms with Crippen molar-refractivity contribution in [2.45, 2.75) is 116 Å². The molecule has 8 heteroatoms. The number of carbonyl (C=O) groups is 3. The number of ether oxygens (including phenoxy) is 3. The van der Waals surface area contributed by atoms with Gasteiger partial charge >= 0.3 is 17.9 Å². The zero-order valence-corrected chi connectivity index (χ0v) is 27.6. The number of nitrogens with zero attached hydrogens (tertiary/aromatic N) is 1. The van der Waals surface area contributed by atoms with Crippen LogP contribution in [0.25, 0.3) is 0 Å². The Hall–Kier alpha value is -2.71. The van der Waals surface area contributed by atoms with E-state index in [1.165, 1.54) is 12.8 Å². The smallest absolute Gasteiger partial charge is 0.362 e. The highest BCUT2D eigenvalue weighted by molar-refractivity contribution is 5.72. The molecule has 0 aliphatic rings. The van der Waals surface area contributed by atoms with Crippen LogP contribution in [-0.2, 0) is 28.6 Å². The van der Waals surface area contributed by atoms with E-state index < -0.39 is 18.1 Å². The van der Waals surface area contributed by atoms with Crippen molar-refractivity contribution in [1.29, 1.82) is 0 Å².